The van der Waals surface area contributed by atoms with Crippen LogP contribution >= 0.6 is 0 Å². The fourth-order valence-electron chi connectivity index (χ4n) is 2.18. The molecule has 0 atom stereocenters. The second-order valence-corrected chi connectivity index (χ2v) is 4.37. The third kappa shape index (κ3) is 2.06. The van der Waals surface area contributed by atoms with Crippen LogP contribution in [0.2, 0.25) is 0 Å². The standard InChI is InChI=1S/C12H15N5O/c18-12(16-7-5-13-6-8-16)9-17-11-4-2-1-3-10(11)14-15-17/h1-4,13H,5-9H2. The maximum atomic E-state index is 12.1. The summed E-state index contributed by atoms with van der Waals surface area (Å²) < 4.78 is 1.67. The first kappa shape index (κ1) is 11.2. The van der Waals surface area contributed by atoms with Crippen LogP contribution < -0.4 is 5.32 Å². The molecule has 6 heteroatoms. The Morgan fingerprint density at radius 1 is 1.28 bits per heavy atom. The number of nitrogens with zero attached hydrogens (tertiary/aromatic N) is 4. The monoisotopic (exact) mass is 245 g/mol. The van der Waals surface area contributed by atoms with Gasteiger partial charge in [-0.25, -0.2) is 4.68 Å². The maximum Gasteiger partial charge on any atom is 0.244 e. The van der Waals surface area contributed by atoms with Crippen LogP contribution in [0.4, 0.5) is 0 Å². The van der Waals surface area contributed by atoms with E-state index in [4.69, 9.17) is 0 Å². The molecular weight excluding hydrogens is 230 g/mol. The highest BCUT2D eigenvalue weighted by Crippen LogP contribution is 2.10. The van der Waals surface area contributed by atoms with Gasteiger partial charge in [0.25, 0.3) is 0 Å². The summed E-state index contributed by atoms with van der Waals surface area (Å²) in [6, 6.07) is 7.67. The molecule has 0 saturated carbocycles. The highest BCUT2D eigenvalue weighted by atomic mass is 16.2. The van der Waals surface area contributed by atoms with Gasteiger partial charge in [0.2, 0.25) is 5.91 Å². The molecule has 18 heavy (non-hydrogen) atoms. The van der Waals surface area contributed by atoms with Crippen molar-refractivity contribution >= 4 is 16.9 Å². The summed E-state index contributed by atoms with van der Waals surface area (Å²) in [4.78, 5) is 14.0. The maximum absolute atomic E-state index is 12.1. The minimum Gasteiger partial charge on any atom is -0.339 e. The topological polar surface area (TPSA) is 63.1 Å². The molecule has 2 aromatic rings. The molecule has 0 spiro atoms. The average Bonchev–Trinajstić information content (AvgIpc) is 2.83. The zero-order valence-corrected chi connectivity index (χ0v) is 10.0. The second kappa shape index (κ2) is 4.73. The molecule has 0 unspecified atom stereocenters. The van der Waals surface area contributed by atoms with Gasteiger partial charge in [-0.1, -0.05) is 17.3 Å². The van der Waals surface area contributed by atoms with Crippen molar-refractivity contribution in [2.45, 2.75) is 6.54 Å². The third-order valence-corrected chi connectivity index (χ3v) is 3.17. The van der Waals surface area contributed by atoms with E-state index in [0.717, 1.165) is 37.2 Å². The van der Waals surface area contributed by atoms with Gasteiger partial charge < -0.3 is 10.2 Å². The van der Waals surface area contributed by atoms with E-state index in [0.29, 0.717) is 0 Å². The van der Waals surface area contributed by atoms with Crippen molar-refractivity contribution in [2.75, 3.05) is 26.2 Å². The fraction of sp³-hybridized carbons (Fsp3) is 0.417. The van der Waals surface area contributed by atoms with Crippen LogP contribution in [0.5, 0.6) is 0 Å². The number of fused-ring (bicyclic) bond motifs is 1. The van der Waals surface area contributed by atoms with Gasteiger partial charge >= 0.3 is 0 Å². The van der Waals surface area contributed by atoms with Crippen molar-refractivity contribution < 1.29 is 4.79 Å². The number of piperazine rings is 1. The van der Waals surface area contributed by atoms with E-state index in [9.17, 15) is 4.79 Å². The van der Waals surface area contributed by atoms with Crippen LogP contribution in [0.15, 0.2) is 24.3 Å². The fourth-order valence-corrected chi connectivity index (χ4v) is 2.18. The molecule has 94 valence electrons. The van der Waals surface area contributed by atoms with Crippen LogP contribution in [0.3, 0.4) is 0 Å². The molecular formula is C12H15N5O. The predicted molar refractivity (Wildman–Crippen MR) is 67.0 cm³/mol. The van der Waals surface area contributed by atoms with Crippen molar-refractivity contribution in [3.05, 3.63) is 24.3 Å². The van der Waals surface area contributed by atoms with E-state index < -0.39 is 0 Å². The Hall–Kier alpha value is -1.95. The van der Waals surface area contributed by atoms with E-state index >= 15 is 0 Å². The second-order valence-electron chi connectivity index (χ2n) is 4.37. The minimum absolute atomic E-state index is 0.104. The zero-order valence-electron chi connectivity index (χ0n) is 10.0. The molecule has 1 aliphatic rings. The summed E-state index contributed by atoms with van der Waals surface area (Å²) in [5.41, 5.74) is 1.73. The largest absolute Gasteiger partial charge is 0.339 e. The van der Waals surface area contributed by atoms with E-state index in [1.807, 2.05) is 29.2 Å². The molecule has 0 bridgehead atoms. The van der Waals surface area contributed by atoms with E-state index in [2.05, 4.69) is 15.6 Å². The number of benzene rings is 1. The normalized spacial score (nSPS) is 16.1. The number of hydrogen-bond donors (Lipinski definition) is 1. The third-order valence-electron chi connectivity index (χ3n) is 3.17. The van der Waals surface area contributed by atoms with Crippen molar-refractivity contribution in [2.24, 2.45) is 0 Å². The number of rotatable bonds is 2. The molecule has 1 N–H and O–H groups in total. The highest BCUT2D eigenvalue weighted by Gasteiger charge is 2.17. The Kier molecular flexibility index (Phi) is 2.93. The lowest BCUT2D eigenvalue weighted by Crippen LogP contribution is -2.47. The quantitative estimate of drug-likeness (QED) is 0.800. The van der Waals surface area contributed by atoms with Crippen molar-refractivity contribution in [1.82, 2.24) is 25.2 Å². The van der Waals surface area contributed by atoms with Gasteiger partial charge in [0.05, 0.1) is 5.52 Å². The highest BCUT2D eigenvalue weighted by molar-refractivity contribution is 5.79. The zero-order chi connectivity index (χ0) is 12.4. The molecule has 1 aromatic heterocycles. The summed E-state index contributed by atoms with van der Waals surface area (Å²) in [6.45, 7) is 3.53. The molecule has 0 radical (unpaired) electrons. The van der Waals surface area contributed by atoms with Crippen LogP contribution in [-0.4, -0.2) is 52.0 Å². The lowest BCUT2D eigenvalue weighted by Gasteiger charge is -2.27. The Balaban J connectivity index is 1.77. The predicted octanol–water partition coefficient (Wildman–Crippen LogP) is -0.137. The molecule has 1 aromatic carbocycles. The summed E-state index contributed by atoms with van der Waals surface area (Å²) in [6.07, 6.45) is 0. The van der Waals surface area contributed by atoms with Gasteiger partial charge in [0.15, 0.2) is 0 Å². The van der Waals surface area contributed by atoms with Gasteiger partial charge in [0.1, 0.15) is 12.1 Å². The lowest BCUT2D eigenvalue weighted by atomic mass is 10.3. The van der Waals surface area contributed by atoms with Crippen LogP contribution in [0.1, 0.15) is 0 Å². The lowest BCUT2D eigenvalue weighted by molar-refractivity contribution is -0.132. The summed E-state index contributed by atoms with van der Waals surface area (Å²) in [5, 5.41) is 11.3. The van der Waals surface area contributed by atoms with E-state index in [1.165, 1.54) is 0 Å². The Morgan fingerprint density at radius 3 is 2.89 bits per heavy atom. The Labute approximate surface area is 105 Å². The average molecular weight is 245 g/mol. The summed E-state index contributed by atoms with van der Waals surface area (Å²) in [7, 11) is 0. The van der Waals surface area contributed by atoms with Crippen LogP contribution in [0.25, 0.3) is 11.0 Å². The first-order chi connectivity index (χ1) is 8.84. The van der Waals surface area contributed by atoms with Gasteiger partial charge in [-0.05, 0) is 12.1 Å². The van der Waals surface area contributed by atoms with Crippen molar-refractivity contribution in [3.63, 3.8) is 0 Å². The SMILES string of the molecule is O=C(Cn1nnc2ccccc21)N1CCNCC1. The van der Waals surface area contributed by atoms with Crippen molar-refractivity contribution in [3.8, 4) is 0 Å². The molecule has 1 fully saturated rings. The number of carbonyl (C=O) groups is 1. The number of amides is 1. The van der Waals surface area contributed by atoms with Gasteiger partial charge in [-0.15, -0.1) is 5.10 Å². The molecule has 2 heterocycles. The Morgan fingerprint density at radius 2 is 2.06 bits per heavy atom. The van der Waals surface area contributed by atoms with E-state index in [-0.39, 0.29) is 12.5 Å². The first-order valence-electron chi connectivity index (χ1n) is 6.11. The first-order valence-corrected chi connectivity index (χ1v) is 6.11. The number of aromatic nitrogens is 3. The summed E-state index contributed by atoms with van der Waals surface area (Å²) in [5.74, 6) is 0.104. The number of carbonyl (C=O) groups excluding carboxylic acids is 1. The smallest absolute Gasteiger partial charge is 0.244 e. The minimum atomic E-state index is 0.104. The van der Waals surface area contributed by atoms with Gasteiger partial charge in [-0.2, -0.15) is 0 Å². The van der Waals surface area contributed by atoms with Crippen LogP contribution in [-0.2, 0) is 11.3 Å². The number of hydrogen-bond acceptors (Lipinski definition) is 4. The molecule has 3 rings (SSSR count). The van der Waals surface area contributed by atoms with Gasteiger partial charge in [-0.3, -0.25) is 4.79 Å². The molecule has 1 saturated heterocycles. The van der Waals surface area contributed by atoms with E-state index in [1.54, 1.807) is 4.68 Å². The number of nitrogens with one attached hydrogen (secondary N) is 1. The number of para-hydroxylation sites is 1. The van der Waals surface area contributed by atoms with Crippen LogP contribution in [0, 0.1) is 0 Å². The Bertz CT molecular complexity index is 558. The van der Waals surface area contributed by atoms with Gasteiger partial charge in [0, 0.05) is 26.2 Å². The molecule has 1 aliphatic heterocycles. The molecule has 1 amide bonds. The summed E-state index contributed by atoms with van der Waals surface area (Å²) >= 11 is 0. The molecule has 6 nitrogen and oxygen atoms in total. The van der Waals surface area contributed by atoms with Crippen molar-refractivity contribution in [1.29, 1.82) is 0 Å². The molecule has 0 aliphatic carbocycles.